The lowest BCUT2D eigenvalue weighted by Gasteiger charge is -2.04. The van der Waals surface area contributed by atoms with Gasteiger partial charge in [0.15, 0.2) is 32.1 Å². The molecule has 166 valence electrons. The van der Waals surface area contributed by atoms with Gasteiger partial charge >= 0.3 is 0 Å². The molecule has 4 rings (SSSR count). The summed E-state index contributed by atoms with van der Waals surface area (Å²) in [6, 6.07) is 14.0. The van der Waals surface area contributed by atoms with Gasteiger partial charge in [0.05, 0.1) is 23.7 Å². The Kier molecular flexibility index (Phi) is 6.29. The molecule has 0 spiro atoms. The van der Waals surface area contributed by atoms with Gasteiger partial charge in [0.1, 0.15) is 5.69 Å². The second-order valence-electron chi connectivity index (χ2n) is 7.03. The highest BCUT2D eigenvalue weighted by Crippen LogP contribution is 2.34. The zero-order chi connectivity index (χ0) is 22.7. The van der Waals surface area contributed by atoms with Crippen LogP contribution in [0.1, 0.15) is 19.4 Å². The molecule has 2 aromatic carbocycles. The van der Waals surface area contributed by atoms with E-state index in [-0.39, 0.29) is 23.0 Å². The average Bonchev–Trinajstić information content (AvgIpc) is 3.42. The Morgan fingerprint density at radius 3 is 2.66 bits per heavy atom. The highest BCUT2D eigenvalue weighted by molar-refractivity contribution is 7.91. The Morgan fingerprint density at radius 1 is 1.16 bits per heavy atom. The fourth-order valence-corrected chi connectivity index (χ4v) is 4.81. The summed E-state index contributed by atoms with van der Waals surface area (Å²) in [5.74, 6) is 1.08. The maximum absolute atomic E-state index is 12.4. The van der Waals surface area contributed by atoms with Gasteiger partial charge in [-0.3, -0.25) is 4.79 Å². The molecule has 1 amide bonds. The smallest absolute Gasteiger partial charge is 0.230 e. The van der Waals surface area contributed by atoms with E-state index in [0.717, 1.165) is 10.9 Å². The third-order valence-corrected chi connectivity index (χ3v) is 7.35. The van der Waals surface area contributed by atoms with Crippen LogP contribution in [-0.2, 0) is 21.1 Å². The predicted molar refractivity (Wildman–Crippen MR) is 125 cm³/mol. The number of ether oxygens (including phenoxy) is 1. The van der Waals surface area contributed by atoms with E-state index < -0.39 is 9.84 Å². The Hall–Kier alpha value is -3.17. The molecule has 0 radical (unpaired) electrons. The van der Waals surface area contributed by atoms with Crippen molar-refractivity contribution in [2.24, 2.45) is 0 Å². The van der Waals surface area contributed by atoms with Crippen LogP contribution in [0, 0.1) is 0 Å². The van der Waals surface area contributed by atoms with Gasteiger partial charge in [-0.15, -0.1) is 11.3 Å². The normalized spacial score (nSPS) is 11.6. The van der Waals surface area contributed by atoms with Crippen LogP contribution in [0.4, 0.5) is 5.13 Å². The van der Waals surface area contributed by atoms with Crippen molar-refractivity contribution in [2.45, 2.75) is 25.2 Å². The van der Waals surface area contributed by atoms with E-state index in [1.807, 2.05) is 36.6 Å². The van der Waals surface area contributed by atoms with E-state index in [1.54, 1.807) is 19.1 Å². The molecular formula is C23H22N2O5S2. The quantitative estimate of drug-likeness (QED) is 0.392. The molecule has 0 aliphatic carbocycles. The number of para-hydroxylation sites is 1. The van der Waals surface area contributed by atoms with Crippen LogP contribution in [0.15, 0.2) is 63.2 Å². The standard InChI is InChI=1S/C23H22N2O5S2/c1-3-29-19-7-5-6-16-13-20(30-22(16)19)18-14-31-23(24-18)25-21(26)12-15-8-10-17(11-9-15)32(27,28)4-2/h5-11,13-14H,3-4,12H2,1-2H3,(H,24,25,26). The first kappa shape index (κ1) is 22.0. The summed E-state index contributed by atoms with van der Waals surface area (Å²) < 4.78 is 35.4. The van der Waals surface area contributed by atoms with Crippen LogP contribution >= 0.6 is 11.3 Å². The third-order valence-electron chi connectivity index (χ3n) is 4.84. The first-order chi connectivity index (χ1) is 15.4. The Balaban J connectivity index is 1.45. The van der Waals surface area contributed by atoms with E-state index in [2.05, 4.69) is 10.3 Å². The molecule has 0 fully saturated rings. The van der Waals surface area contributed by atoms with Crippen LogP contribution in [0.3, 0.4) is 0 Å². The molecule has 0 atom stereocenters. The molecule has 0 saturated heterocycles. The van der Waals surface area contributed by atoms with Crippen molar-refractivity contribution >= 4 is 43.2 Å². The number of benzene rings is 2. The third kappa shape index (κ3) is 4.68. The van der Waals surface area contributed by atoms with Crippen LogP contribution in [0.2, 0.25) is 0 Å². The zero-order valence-electron chi connectivity index (χ0n) is 17.6. The Labute approximate surface area is 190 Å². The van der Waals surface area contributed by atoms with Crippen molar-refractivity contribution < 1.29 is 22.4 Å². The molecule has 1 N–H and O–H groups in total. The fourth-order valence-electron chi connectivity index (χ4n) is 3.21. The number of fused-ring (bicyclic) bond motifs is 1. The summed E-state index contributed by atoms with van der Waals surface area (Å²) >= 11 is 1.30. The molecule has 0 aliphatic rings. The molecule has 2 aromatic heterocycles. The van der Waals surface area contributed by atoms with Gasteiger partial charge in [-0.2, -0.15) is 0 Å². The van der Waals surface area contributed by atoms with E-state index in [1.165, 1.54) is 23.5 Å². The van der Waals surface area contributed by atoms with Crippen molar-refractivity contribution in [1.29, 1.82) is 0 Å². The number of nitrogens with one attached hydrogen (secondary N) is 1. The van der Waals surface area contributed by atoms with E-state index in [4.69, 9.17) is 9.15 Å². The molecule has 2 heterocycles. The minimum atomic E-state index is -3.26. The lowest BCUT2D eigenvalue weighted by Crippen LogP contribution is -2.14. The number of hydrogen-bond acceptors (Lipinski definition) is 7. The van der Waals surface area contributed by atoms with Gasteiger partial charge in [0.2, 0.25) is 5.91 Å². The van der Waals surface area contributed by atoms with E-state index >= 15 is 0 Å². The molecule has 0 aliphatic heterocycles. The second kappa shape index (κ2) is 9.13. The monoisotopic (exact) mass is 470 g/mol. The summed E-state index contributed by atoms with van der Waals surface area (Å²) in [6.45, 7) is 4.06. The number of thiazole rings is 1. The van der Waals surface area contributed by atoms with Crippen LogP contribution < -0.4 is 10.1 Å². The fraction of sp³-hybridized carbons (Fsp3) is 0.217. The number of carbonyl (C=O) groups is 1. The van der Waals surface area contributed by atoms with Gasteiger partial charge < -0.3 is 14.5 Å². The number of nitrogens with zero attached hydrogens (tertiary/aromatic N) is 1. The summed E-state index contributed by atoms with van der Waals surface area (Å²) in [7, 11) is -3.26. The summed E-state index contributed by atoms with van der Waals surface area (Å²) in [6.07, 6.45) is 0.115. The van der Waals surface area contributed by atoms with E-state index in [0.29, 0.717) is 34.5 Å². The average molecular weight is 471 g/mol. The molecule has 4 aromatic rings. The van der Waals surface area contributed by atoms with Crippen molar-refractivity contribution in [2.75, 3.05) is 17.7 Å². The molecule has 0 saturated carbocycles. The lowest BCUT2D eigenvalue weighted by atomic mass is 10.1. The van der Waals surface area contributed by atoms with Crippen molar-refractivity contribution in [3.8, 4) is 17.2 Å². The minimum Gasteiger partial charge on any atom is -0.490 e. The van der Waals surface area contributed by atoms with Crippen LogP contribution in [0.5, 0.6) is 5.75 Å². The van der Waals surface area contributed by atoms with Gasteiger partial charge in [-0.25, -0.2) is 13.4 Å². The van der Waals surface area contributed by atoms with Crippen molar-refractivity contribution in [1.82, 2.24) is 4.98 Å². The maximum atomic E-state index is 12.4. The Morgan fingerprint density at radius 2 is 1.94 bits per heavy atom. The highest BCUT2D eigenvalue weighted by atomic mass is 32.2. The first-order valence-corrected chi connectivity index (χ1v) is 12.7. The lowest BCUT2D eigenvalue weighted by molar-refractivity contribution is -0.115. The van der Waals surface area contributed by atoms with Crippen molar-refractivity contribution in [3.05, 3.63) is 59.5 Å². The SMILES string of the molecule is CCOc1cccc2cc(-c3csc(NC(=O)Cc4ccc(S(=O)(=O)CC)cc4)n3)oc12. The minimum absolute atomic E-state index is 0.0391. The number of rotatable bonds is 8. The maximum Gasteiger partial charge on any atom is 0.230 e. The van der Waals surface area contributed by atoms with Gasteiger partial charge in [-0.05, 0) is 36.8 Å². The number of furan rings is 1. The number of sulfone groups is 1. The highest BCUT2D eigenvalue weighted by Gasteiger charge is 2.15. The largest absolute Gasteiger partial charge is 0.490 e. The molecule has 0 unspecified atom stereocenters. The number of amides is 1. The first-order valence-electron chi connectivity index (χ1n) is 10.1. The van der Waals surface area contributed by atoms with Gasteiger partial charge in [0, 0.05) is 10.8 Å². The van der Waals surface area contributed by atoms with E-state index in [9.17, 15) is 13.2 Å². The zero-order valence-corrected chi connectivity index (χ0v) is 19.3. The summed E-state index contributed by atoms with van der Waals surface area (Å²) in [4.78, 5) is 17.1. The topological polar surface area (TPSA) is 98.5 Å². The Bertz CT molecular complexity index is 1350. The molecule has 0 bridgehead atoms. The van der Waals surface area contributed by atoms with Crippen LogP contribution in [-0.4, -0.2) is 31.7 Å². The molecular weight excluding hydrogens is 448 g/mol. The summed E-state index contributed by atoms with van der Waals surface area (Å²) in [5.41, 5.74) is 2.00. The second-order valence-corrected chi connectivity index (χ2v) is 10.2. The summed E-state index contributed by atoms with van der Waals surface area (Å²) in [5, 5.41) is 5.98. The van der Waals surface area contributed by atoms with Gasteiger partial charge in [0.25, 0.3) is 0 Å². The van der Waals surface area contributed by atoms with Crippen LogP contribution in [0.25, 0.3) is 22.4 Å². The molecule has 7 nitrogen and oxygen atoms in total. The number of aromatic nitrogens is 1. The number of carbonyl (C=O) groups excluding carboxylic acids is 1. The predicted octanol–water partition coefficient (Wildman–Crippen LogP) is 4.93. The number of hydrogen-bond donors (Lipinski definition) is 1. The van der Waals surface area contributed by atoms with Gasteiger partial charge in [-0.1, -0.05) is 31.2 Å². The molecule has 32 heavy (non-hydrogen) atoms. The number of anilines is 1. The van der Waals surface area contributed by atoms with Crippen molar-refractivity contribution in [3.63, 3.8) is 0 Å². The molecule has 9 heteroatoms.